The quantitative estimate of drug-likeness (QED) is 0.707. The third kappa shape index (κ3) is 3.90. The fourth-order valence-corrected chi connectivity index (χ4v) is 4.28. The molecule has 1 aliphatic carbocycles. The molecule has 2 amide bonds. The van der Waals surface area contributed by atoms with Gasteiger partial charge in [-0.1, -0.05) is 0 Å². The lowest BCUT2D eigenvalue weighted by atomic mass is 9.83. The van der Waals surface area contributed by atoms with Crippen LogP contribution in [0.5, 0.6) is 0 Å². The number of anilines is 3. The number of rotatable bonds is 7. The van der Waals surface area contributed by atoms with Gasteiger partial charge in [-0.15, -0.1) is 0 Å². The molecule has 3 heterocycles. The summed E-state index contributed by atoms with van der Waals surface area (Å²) in [6.45, 7) is 6.53. The molecule has 1 saturated heterocycles. The minimum Gasteiger partial charge on any atom is -0.344 e. The van der Waals surface area contributed by atoms with Gasteiger partial charge in [-0.25, -0.2) is 4.98 Å². The molecular weight excluding hydrogens is 408 g/mol. The van der Waals surface area contributed by atoms with Gasteiger partial charge in [0.2, 0.25) is 17.8 Å². The maximum atomic E-state index is 13.0. The SMILES string of the molecule is CC(=O)N(C)CC(C)(C)n1cc(Nc2nccc(N3CC[C@@](C#N)(C4CC4)C3=O)n2)cn1. The number of carbonyl (C=O) groups is 2. The van der Waals surface area contributed by atoms with Crippen LogP contribution >= 0.6 is 0 Å². The molecule has 2 fully saturated rings. The number of nitrogens with zero attached hydrogens (tertiary/aromatic N) is 7. The van der Waals surface area contributed by atoms with E-state index in [0.29, 0.717) is 37.0 Å². The van der Waals surface area contributed by atoms with Gasteiger partial charge in [-0.2, -0.15) is 15.3 Å². The molecule has 0 aromatic carbocycles. The number of hydrogen-bond acceptors (Lipinski definition) is 7. The number of nitrogens with one attached hydrogen (secondary N) is 1. The predicted molar refractivity (Wildman–Crippen MR) is 118 cm³/mol. The second-order valence-corrected chi connectivity index (χ2v) is 9.29. The molecule has 1 N–H and O–H groups in total. The van der Waals surface area contributed by atoms with Crippen LogP contribution in [-0.4, -0.2) is 56.6 Å². The number of aromatic nitrogens is 4. The Morgan fingerprint density at radius 1 is 1.44 bits per heavy atom. The summed E-state index contributed by atoms with van der Waals surface area (Å²) >= 11 is 0. The summed E-state index contributed by atoms with van der Waals surface area (Å²) < 4.78 is 1.79. The first-order valence-electron chi connectivity index (χ1n) is 10.8. The van der Waals surface area contributed by atoms with Crippen LogP contribution in [0.1, 0.15) is 40.0 Å². The molecule has 10 nitrogen and oxygen atoms in total. The van der Waals surface area contributed by atoms with Gasteiger partial charge in [-0.3, -0.25) is 19.2 Å². The summed E-state index contributed by atoms with van der Waals surface area (Å²) in [6, 6.07) is 3.98. The molecule has 168 valence electrons. The maximum Gasteiger partial charge on any atom is 0.248 e. The predicted octanol–water partition coefficient (Wildman–Crippen LogP) is 2.29. The van der Waals surface area contributed by atoms with Crippen molar-refractivity contribution < 1.29 is 9.59 Å². The summed E-state index contributed by atoms with van der Waals surface area (Å²) in [5, 5.41) is 17.2. The second-order valence-electron chi connectivity index (χ2n) is 9.29. The standard InChI is InChI=1S/C22H28N8O2/c1-15(31)28(4)14-21(2,3)30-12-17(11-25-30)26-20-24-9-7-18(27-20)29-10-8-22(13-23,19(29)32)16-5-6-16/h7,9,11-12,16H,5-6,8,10,14H2,1-4H3,(H,24,26,27)/t22-/m1/s1. The monoisotopic (exact) mass is 436 g/mol. The van der Waals surface area contributed by atoms with Gasteiger partial charge in [0.05, 0.1) is 23.5 Å². The van der Waals surface area contributed by atoms with E-state index in [9.17, 15) is 14.9 Å². The highest BCUT2D eigenvalue weighted by atomic mass is 16.2. The lowest BCUT2D eigenvalue weighted by Gasteiger charge is -2.30. The van der Waals surface area contributed by atoms with Gasteiger partial charge in [-0.05, 0) is 45.1 Å². The minimum absolute atomic E-state index is 0.00708. The zero-order chi connectivity index (χ0) is 23.1. The normalized spacial score (nSPS) is 20.8. The lowest BCUT2D eigenvalue weighted by molar-refractivity contribution is -0.128. The van der Waals surface area contributed by atoms with Crippen molar-refractivity contribution in [3.63, 3.8) is 0 Å². The van der Waals surface area contributed by atoms with Crippen LogP contribution in [0.4, 0.5) is 17.5 Å². The van der Waals surface area contributed by atoms with E-state index in [2.05, 4.69) is 26.5 Å². The largest absolute Gasteiger partial charge is 0.344 e. The molecule has 2 aliphatic rings. The topological polar surface area (TPSA) is 120 Å². The van der Waals surface area contributed by atoms with Crippen LogP contribution in [0.15, 0.2) is 24.7 Å². The first-order chi connectivity index (χ1) is 15.2. The van der Waals surface area contributed by atoms with Gasteiger partial charge in [0.1, 0.15) is 11.2 Å². The summed E-state index contributed by atoms with van der Waals surface area (Å²) in [4.78, 5) is 36.6. The van der Waals surface area contributed by atoms with Crippen molar-refractivity contribution in [3.8, 4) is 6.07 Å². The van der Waals surface area contributed by atoms with Crippen LogP contribution in [-0.2, 0) is 15.1 Å². The first kappa shape index (κ1) is 21.7. The van der Waals surface area contributed by atoms with Crippen LogP contribution in [0.2, 0.25) is 0 Å². The molecule has 2 aromatic rings. The maximum absolute atomic E-state index is 13.0. The number of carbonyl (C=O) groups excluding carboxylic acids is 2. The van der Waals surface area contributed by atoms with Crippen molar-refractivity contribution in [2.24, 2.45) is 11.3 Å². The number of hydrogen-bond donors (Lipinski definition) is 1. The van der Waals surface area contributed by atoms with Gasteiger partial charge in [0.15, 0.2) is 0 Å². The third-order valence-corrected chi connectivity index (χ3v) is 6.37. The third-order valence-electron chi connectivity index (χ3n) is 6.37. The Morgan fingerprint density at radius 3 is 2.84 bits per heavy atom. The van der Waals surface area contributed by atoms with E-state index in [4.69, 9.17) is 0 Å². The van der Waals surface area contributed by atoms with Crippen LogP contribution < -0.4 is 10.2 Å². The Hall–Kier alpha value is -3.48. The summed E-state index contributed by atoms with van der Waals surface area (Å²) in [7, 11) is 1.76. The number of nitriles is 1. The van der Waals surface area contributed by atoms with Crippen molar-refractivity contribution in [1.82, 2.24) is 24.6 Å². The zero-order valence-corrected chi connectivity index (χ0v) is 18.9. The summed E-state index contributed by atoms with van der Waals surface area (Å²) in [6.07, 6.45) is 7.51. The highest BCUT2D eigenvalue weighted by molar-refractivity contribution is 6.01. The van der Waals surface area contributed by atoms with E-state index in [1.165, 1.54) is 6.92 Å². The van der Waals surface area contributed by atoms with Crippen molar-refractivity contribution in [2.45, 2.75) is 45.6 Å². The molecule has 2 aromatic heterocycles. The van der Waals surface area contributed by atoms with E-state index >= 15 is 0 Å². The van der Waals surface area contributed by atoms with E-state index in [1.807, 2.05) is 20.0 Å². The van der Waals surface area contributed by atoms with Gasteiger partial charge < -0.3 is 10.2 Å². The van der Waals surface area contributed by atoms with Crippen LogP contribution in [0, 0.1) is 22.7 Å². The molecule has 4 rings (SSSR count). The minimum atomic E-state index is -0.904. The van der Waals surface area contributed by atoms with E-state index in [-0.39, 0.29) is 17.7 Å². The van der Waals surface area contributed by atoms with Crippen molar-refractivity contribution in [2.75, 3.05) is 30.4 Å². The highest BCUT2D eigenvalue weighted by Crippen LogP contribution is 2.51. The lowest BCUT2D eigenvalue weighted by Crippen LogP contribution is -2.41. The van der Waals surface area contributed by atoms with Gasteiger partial charge in [0.25, 0.3) is 0 Å². The Labute approximate surface area is 187 Å². The van der Waals surface area contributed by atoms with Crippen molar-refractivity contribution >= 4 is 29.3 Å². The second kappa shape index (κ2) is 7.89. The average Bonchev–Trinajstić information content (AvgIpc) is 3.39. The molecule has 1 saturated carbocycles. The van der Waals surface area contributed by atoms with Crippen LogP contribution in [0.3, 0.4) is 0 Å². The van der Waals surface area contributed by atoms with Crippen molar-refractivity contribution in [1.29, 1.82) is 5.26 Å². The smallest absolute Gasteiger partial charge is 0.248 e. The highest BCUT2D eigenvalue weighted by Gasteiger charge is 2.57. The summed E-state index contributed by atoms with van der Waals surface area (Å²) in [5.74, 6) is 0.833. The fourth-order valence-electron chi connectivity index (χ4n) is 4.28. The Balaban J connectivity index is 1.48. The molecule has 0 unspecified atom stereocenters. The van der Waals surface area contributed by atoms with E-state index in [1.54, 1.807) is 40.0 Å². The molecular formula is C22H28N8O2. The zero-order valence-electron chi connectivity index (χ0n) is 18.9. The van der Waals surface area contributed by atoms with E-state index in [0.717, 1.165) is 12.8 Å². The van der Waals surface area contributed by atoms with Crippen molar-refractivity contribution in [3.05, 3.63) is 24.7 Å². The molecule has 10 heteroatoms. The number of likely N-dealkylation sites (N-methyl/N-ethyl adjacent to an activating group) is 1. The average molecular weight is 437 g/mol. The van der Waals surface area contributed by atoms with Gasteiger partial charge in [0, 0.05) is 39.5 Å². The fraction of sp³-hybridized carbons (Fsp3) is 0.545. The molecule has 32 heavy (non-hydrogen) atoms. The first-order valence-corrected chi connectivity index (χ1v) is 10.8. The molecule has 0 radical (unpaired) electrons. The molecule has 1 aliphatic heterocycles. The molecule has 0 spiro atoms. The molecule has 0 bridgehead atoms. The van der Waals surface area contributed by atoms with E-state index < -0.39 is 11.0 Å². The Bertz CT molecular complexity index is 1080. The van der Waals surface area contributed by atoms with Crippen LogP contribution in [0.25, 0.3) is 0 Å². The molecule has 1 atom stereocenters. The summed E-state index contributed by atoms with van der Waals surface area (Å²) in [5.41, 5.74) is -0.620. The van der Waals surface area contributed by atoms with Gasteiger partial charge >= 0.3 is 0 Å². The Kier molecular flexibility index (Phi) is 5.36. The Morgan fingerprint density at radius 2 is 2.19 bits per heavy atom. The number of amides is 2.